The molecular weight excluding hydrogens is 677 g/mol. The van der Waals surface area contributed by atoms with Crippen LogP contribution in [0.1, 0.15) is 33.4 Å². The van der Waals surface area contributed by atoms with Crippen molar-refractivity contribution in [3.63, 3.8) is 0 Å². The van der Waals surface area contributed by atoms with Gasteiger partial charge in [0, 0.05) is 48.0 Å². The van der Waals surface area contributed by atoms with E-state index in [2.05, 4.69) is 208 Å². The Morgan fingerprint density at radius 3 is 1.09 bits per heavy atom. The number of anilines is 4. The molecule has 0 bridgehead atoms. The number of fused-ring (bicyclic) bond motifs is 6. The van der Waals surface area contributed by atoms with Crippen molar-refractivity contribution < 1.29 is 0 Å². The highest BCUT2D eigenvalue weighted by Crippen LogP contribution is 2.44. The lowest BCUT2D eigenvalue weighted by atomic mass is 9.96. The van der Waals surface area contributed by atoms with E-state index in [1.807, 2.05) is 0 Å². The predicted molar refractivity (Wildman–Crippen MR) is 238 cm³/mol. The molecule has 0 radical (unpaired) electrons. The summed E-state index contributed by atoms with van der Waals surface area (Å²) in [5.41, 5.74) is 25.9. The molecule has 0 aromatic heterocycles. The van der Waals surface area contributed by atoms with Crippen LogP contribution in [0.5, 0.6) is 0 Å². The molecule has 0 spiro atoms. The number of hydrogen-bond acceptors (Lipinski definition) is 2. The fourth-order valence-corrected chi connectivity index (χ4v) is 9.33. The predicted octanol–water partition coefficient (Wildman–Crippen LogP) is 14.0. The number of aryl methyl sites for hydroxylation is 2. The van der Waals surface area contributed by atoms with Crippen molar-refractivity contribution in [1.82, 2.24) is 0 Å². The van der Waals surface area contributed by atoms with Gasteiger partial charge in [0.1, 0.15) is 0 Å². The van der Waals surface area contributed by atoms with Crippen LogP contribution in [0.4, 0.5) is 22.7 Å². The average molecular weight is 721 g/mol. The molecule has 0 fully saturated rings. The molecule has 2 nitrogen and oxygen atoms in total. The van der Waals surface area contributed by atoms with Crippen molar-refractivity contribution in [1.29, 1.82) is 0 Å². The Balaban J connectivity index is 0.907. The lowest BCUT2D eigenvalue weighted by Gasteiger charge is -2.26. The van der Waals surface area contributed by atoms with Crippen molar-refractivity contribution in [3.8, 4) is 55.6 Å². The van der Waals surface area contributed by atoms with Crippen LogP contribution < -0.4 is 9.80 Å². The Bertz CT molecular complexity index is 2630. The normalized spacial score (nSPS) is 12.1. The maximum atomic E-state index is 2.40. The van der Waals surface area contributed by atoms with Gasteiger partial charge in [-0.2, -0.15) is 0 Å². The van der Waals surface area contributed by atoms with E-state index in [-0.39, 0.29) is 0 Å². The molecule has 0 heterocycles. The molecule has 0 aliphatic heterocycles. The smallest absolute Gasteiger partial charge is 0.0487 e. The molecule has 8 aromatic rings. The molecule has 0 unspecified atom stereocenters. The van der Waals surface area contributed by atoms with Gasteiger partial charge in [-0.1, -0.05) is 133 Å². The van der Waals surface area contributed by atoms with Crippen LogP contribution >= 0.6 is 0 Å². The zero-order chi connectivity index (χ0) is 37.9. The SMILES string of the molecule is Cc1cc(-c2ccc(N(C)c3ccccc3-c3ccc4c(c3)Cc3ccccc3-4)c(C)c2)ccc1N(C)c1ccccc1-c1ccc2c(c1)Cc1ccccc1-2. The summed E-state index contributed by atoms with van der Waals surface area (Å²) < 4.78 is 0. The first-order chi connectivity index (χ1) is 27.4. The highest BCUT2D eigenvalue weighted by molar-refractivity contribution is 5.89. The maximum absolute atomic E-state index is 2.40. The lowest BCUT2D eigenvalue weighted by Crippen LogP contribution is -2.12. The van der Waals surface area contributed by atoms with Gasteiger partial charge in [-0.25, -0.2) is 0 Å². The molecular formula is C54H44N2. The second kappa shape index (κ2) is 13.6. The van der Waals surface area contributed by atoms with E-state index in [4.69, 9.17) is 0 Å². The zero-order valence-electron chi connectivity index (χ0n) is 32.5. The van der Waals surface area contributed by atoms with Crippen LogP contribution in [0, 0.1) is 13.8 Å². The minimum Gasteiger partial charge on any atom is -0.344 e. The van der Waals surface area contributed by atoms with Gasteiger partial charge >= 0.3 is 0 Å². The molecule has 8 aromatic carbocycles. The number of nitrogens with zero attached hydrogens (tertiary/aromatic N) is 2. The summed E-state index contributed by atoms with van der Waals surface area (Å²) in [5, 5.41) is 0. The van der Waals surface area contributed by atoms with Crippen LogP contribution in [0.25, 0.3) is 55.6 Å². The molecule has 2 aliphatic rings. The van der Waals surface area contributed by atoms with Gasteiger partial charge in [0.2, 0.25) is 0 Å². The van der Waals surface area contributed by atoms with E-state index in [0.717, 1.165) is 12.8 Å². The maximum Gasteiger partial charge on any atom is 0.0487 e. The minimum absolute atomic E-state index is 0.993. The lowest BCUT2D eigenvalue weighted by molar-refractivity contribution is 1.18. The first kappa shape index (κ1) is 33.9. The molecule has 2 heteroatoms. The summed E-state index contributed by atoms with van der Waals surface area (Å²) in [6.45, 7) is 4.46. The van der Waals surface area contributed by atoms with Crippen LogP contribution in [-0.2, 0) is 12.8 Å². The number of rotatable bonds is 7. The Morgan fingerprint density at radius 2 is 0.661 bits per heavy atom. The highest BCUT2D eigenvalue weighted by atomic mass is 15.1. The fourth-order valence-electron chi connectivity index (χ4n) is 9.33. The van der Waals surface area contributed by atoms with Gasteiger partial charge in [0.25, 0.3) is 0 Å². The fraction of sp³-hybridized carbons (Fsp3) is 0.111. The molecule has 0 saturated heterocycles. The van der Waals surface area contributed by atoms with E-state index < -0.39 is 0 Å². The largest absolute Gasteiger partial charge is 0.344 e. The molecule has 270 valence electrons. The van der Waals surface area contributed by atoms with E-state index >= 15 is 0 Å². The molecule has 56 heavy (non-hydrogen) atoms. The Hall–Kier alpha value is -6.64. The van der Waals surface area contributed by atoms with Crippen molar-refractivity contribution in [3.05, 3.63) is 203 Å². The topological polar surface area (TPSA) is 6.48 Å². The van der Waals surface area contributed by atoms with E-state index in [9.17, 15) is 0 Å². The van der Waals surface area contributed by atoms with Crippen molar-refractivity contribution in [2.24, 2.45) is 0 Å². The molecule has 0 N–H and O–H groups in total. The van der Waals surface area contributed by atoms with Gasteiger partial charge in [-0.05, 0) is 141 Å². The van der Waals surface area contributed by atoms with Gasteiger partial charge < -0.3 is 9.80 Å². The third-order valence-corrected chi connectivity index (χ3v) is 12.2. The third kappa shape index (κ3) is 5.72. The van der Waals surface area contributed by atoms with Crippen molar-refractivity contribution in [2.75, 3.05) is 23.9 Å². The van der Waals surface area contributed by atoms with Crippen LogP contribution in [-0.4, -0.2) is 14.1 Å². The van der Waals surface area contributed by atoms with Crippen molar-refractivity contribution >= 4 is 22.7 Å². The first-order valence-corrected chi connectivity index (χ1v) is 19.7. The average Bonchev–Trinajstić information content (AvgIpc) is 3.80. The summed E-state index contributed by atoms with van der Waals surface area (Å²) in [5.74, 6) is 0. The van der Waals surface area contributed by atoms with Crippen molar-refractivity contribution in [2.45, 2.75) is 26.7 Å². The Morgan fingerprint density at radius 1 is 0.304 bits per heavy atom. The quantitative estimate of drug-likeness (QED) is 0.162. The molecule has 2 aliphatic carbocycles. The second-order valence-corrected chi connectivity index (χ2v) is 15.6. The van der Waals surface area contributed by atoms with Crippen LogP contribution in [0.2, 0.25) is 0 Å². The summed E-state index contributed by atoms with van der Waals surface area (Å²) in [6, 6.07) is 62.9. The number of para-hydroxylation sites is 2. The summed E-state index contributed by atoms with van der Waals surface area (Å²) in [6.07, 6.45) is 1.99. The number of hydrogen-bond donors (Lipinski definition) is 0. The standard InChI is InChI=1S/C54H44N2/c1-35-29-37(23-27-51(35)55(3)53-19-11-9-17-49(53)41-21-25-47-43(33-41)31-39-13-5-7-15-45(39)47)38-24-28-52(36(2)30-38)56(4)54-20-12-10-18-50(54)42-22-26-48-44(34-42)32-40-14-6-8-16-46(40)48/h5-30,33-34H,31-32H2,1-4H3. The molecule has 0 saturated carbocycles. The van der Waals surface area contributed by atoms with Gasteiger partial charge in [-0.3, -0.25) is 0 Å². The summed E-state index contributed by atoms with van der Waals surface area (Å²) in [7, 11) is 4.39. The van der Waals surface area contributed by atoms with Crippen LogP contribution in [0.15, 0.2) is 170 Å². The van der Waals surface area contributed by atoms with E-state index in [0.29, 0.717) is 0 Å². The van der Waals surface area contributed by atoms with Gasteiger partial charge in [0.05, 0.1) is 0 Å². The van der Waals surface area contributed by atoms with Gasteiger partial charge in [-0.15, -0.1) is 0 Å². The third-order valence-electron chi connectivity index (χ3n) is 12.2. The Kier molecular flexibility index (Phi) is 8.22. The first-order valence-electron chi connectivity index (χ1n) is 19.7. The monoisotopic (exact) mass is 720 g/mol. The van der Waals surface area contributed by atoms with Crippen LogP contribution in [0.3, 0.4) is 0 Å². The number of benzene rings is 8. The zero-order valence-corrected chi connectivity index (χ0v) is 32.5. The van der Waals surface area contributed by atoms with E-state index in [1.54, 1.807) is 0 Å². The minimum atomic E-state index is 0.993. The molecule has 10 rings (SSSR count). The van der Waals surface area contributed by atoms with E-state index in [1.165, 1.54) is 112 Å². The highest BCUT2D eigenvalue weighted by Gasteiger charge is 2.22. The summed E-state index contributed by atoms with van der Waals surface area (Å²) >= 11 is 0. The molecule has 0 atom stereocenters. The van der Waals surface area contributed by atoms with Gasteiger partial charge in [0.15, 0.2) is 0 Å². The summed E-state index contributed by atoms with van der Waals surface area (Å²) in [4.78, 5) is 4.69. The second-order valence-electron chi connectivity index (χ2n) is 15.6. The Labute approximate surface area is 331 Å². The molecule has 0 amide bonds.